The zero-order chi connectivity index (χ0) is 10.7. The molecule has 0 saturated heterocycles. The zero-order valence-corrected chi connectivity index (χ0v) is 8.67. The number of anilines is 2. The fraction of sp³-hybridized carbons (Fsp3) is 0.600. The van der Waals surface area contributed by atoms with Gasteiger partial charge in [-0.05, 0) is 6.42 Å². The highest BCUT2D eigenvalue weighted by Gasteiger charge is 2.20. The standard InChI is InChI=1S/C10H16N2O2/c1-3-4-5-6-12(2)8-7(11)9(13)10(8)14/h3-6,11H2,1-2H3. The van der Waals surface area contributed by atoms with Crippen molar-refractivity contribution in [3.05, 3.63) is 20.4 Å². The predicted molar refractivity (Wildman–Crippen MR) is 58.6 cm³/mol. The van der Waals surface area contributed by atoms with Crippen LogP contribution in [0.3, 0.4) is 0 Å². The molecule has 0 fully saturated rings. The van der Waals surface area contributed by atoms with Crippen LogP contribution in [0.15, 0.2) is 9.59 Å². The Morgan fingerprint density at radius 2 is 1.86 bits per heavy atom. The molecule has 78 valence electrons. The van der Waals surface area contributed by atoms with Crippen LogP contribution in [0.25, 0.3) is 0 Å². The van der Waals surface area contributed by atoms with Crippen LogP contribution in [0.5, 0.6) is 0 Å². The quantitative estimate of drug-likeness (QED) is 0.550. The second-order valence-corrected chi connectivity index (χ2v) is 3.55. The van der Waals surface area contributed by atoms with Crippen LogP contribution in [0, 0.1) is 0 Å². The molecule has 0 spiro atoms. The third-order valence-corrected chi connectivity index (χ3v) is 2.40. The Morgan fingerprint density at radius 3 is 2.36 bits per heavy atom. The van der Waals surface area contributed by atoms with E-state index >= 15 is 0 Å². The summed E-state index contributed by atoms with van der Waals surface area (Å²) in [6, 6.07) is 0. The van der Waals surface area contributed by atoms with Gasteiger partial charge in [-0.3, -0.25) is 9.59 Å². The number of nitrogens with zero attached hydrogens (tertiary/aromatic N) is 1. The van der Waals surface area contributed by atoms with Crippen LogP contribution in [-0.2, 0) is 0 Å². The fourth-order valence-corrected chi connectivity index (χ4v) is 1.49. The highest BCUT2D eigenvalue weighted by Crippen LogP contribution is 2.15. The van der Waals surface area contributed by atoms with Crippen LogP contribution in [0.2, 0.25) is 0 Å². The molecule has 0 unspecified atom stereocenters. The molecule has 0 aliphatic rings. The molecule has 0 aliphatic carbocycles. The summed E-state index contributed by atoms with van der Waals surface area (Å²) < 4.78 is 0. The lowest BCUT2D eigenvalue weighted by Crippen LogP contribution is -2.41. The molecule has 0 radical (unpaired) electrons. The number of nitrogen functional groups attached to an aromatic ring is 1. The van der Waals surface area contributed by atoms with Gasteiger partial charge in [-0.25, -0.2) is 0 Å². The Labute approximate surface area is 83.0 Å². The molecule has 0 bridgehead atoms. The van der Waals surface area contributed by atoms with Crippen LogP contribution >= 0.6 is 0 Å². The van der Waals surface area contributed by atoms with Crippen molar-refractivity contribution in [2.75, 3.05) is 24.2 Å². The Morgan fingerprint density at radius 1 is 1.21 bits per heavy atom. The summed E-state index contributed by atoms with van der Waals surface area (Å²) in [5.41, 5.74) is 4.96. The molecule has 0 heterocycles. The third-order valence-electron chi connectivity index (χ3n) is 2.40. The molecule has 0 saturated carbocycles. The summed E-state index contributed by atoms with van der Waals surface area (Å²) >= 11 is 0. The zero-order valence-electron chi connectivity index (χ0n) is 8.67. The van der Waals surface area contributed by atoms with Gasteiger partial charge in [0, 0.05) is 13.6 Å². The maximum Gasteiger partial charge on any atom is 0.253 e. The average molecular weight is 196 g/mol. The first kappa shape index (κ1) is 10.8. The lowest BCUT2D eigenvalue weighted by Gasteiger charge is -2.20. The van der Waals surface area contributed by atoms with Gasteiger partial charge in [-0.1, -0.05) is 19.8 Å². The van der Waals surface area contributed by atoms with Gasteiger partial charge in [-0.2, -0.15) is 0 Å². The number of hydrogen-bond donors (Lipinski definition) is 1. The lowest BCUT2D eigenvalue weighted by atomic mass is 10.1. The summed E-state index contributed by atoms with van der Waals surface area (Å²) in [7, 11) is 1.79. The molecule has 4 nitrogen and oxygen atoms in total. The summed E-state index contributed by atoms with van der Waals surface area (Å²) in [5, 5.41) is 0. The highest BCUT2D eigenvalue weighted by molar-refractivity contribution is 5.72. The molecule has 0 atom stereocenters. The normalized spacial score (nSPS) is 10.7. The van der Waals surface area contributed by atoms with E-state index in [1.807, 2.05) is 0 Å². The second-order valence-electron chi connectivity index (χ2n) is 3.55. The van der Waals surface area contributed by atoms with E-state index in [0.29, 0.717) is 5.69 Å². The average Bonchev–Trinajstić information content (AvgIpc) is 2.18. The van der Waals surface area contributed by atoms with Crippen molar-refractivity contribution >= 4 is 11.4 Å². The molecule has 14 heavy (non-hydrogen) atoms. The van der Waals surface area contributed by atoms with Crippen LogP contribution in [0.4, 0.5) is 11.4 Å². The maximum absolute atomic E-state index is 11.1. The van der Waals surface area contributed by atoms with Crippen LogP contribution < -0.4 is 21.5 Å². The minimum Gasteiger partial charge on any atom is -0.394 e. The Bertz CT molecular complexity index is 377. The van der Waals surface area contributed by atoms with E-state index in [2.05, 4.69) is 6.92 Å². The number of unbranched alkanes of at least 4 members (excludes halogenated alkanes) is 2. The molecular formula is C10H16N2O2. The highest BCUT2D eigenvalue weighted by atomic mass is 16.2. The van der Waals surface area contributed by atoms with Crippen LogP contribution in [-0.4, -0.2) is 13.6 Å². The van der Waals surface area contributed by atoms with Gasteiger partial charge in [0.15, 0.2) is 0 Å². The number of nitrogens with two attached hydrogens (primary N) is 1. The first-order valence-corrected chi connectivity index (χ1v) is 4.89. The molecule has 0 aliphatic heterocycles. The SMILES string of the molecule is CCCCCN(C)c1c(N)c(=O)c1=O. The van der Waals surface area contributed by atoms with Crippen LogP contribution in [0.1, 0.15) is 26.2 Å². The van der Waals surface area contributed by atoms with Gasteiger partial charge < -0.3 is 10.6 Å². The number of rotatable bonds is 5. The van der Waals surface area contributed by atoms with Crippen molar-refractivity contribution in [1.82, 2.24) is 0 Å². The summed E-state index contributed by atoms with van der Waals surface area (Å²) in [6.07, 6.45) is 3.28. The van der Waals surface area contributed by atoms with Crippen molar-refractivity contribution < 1.29 is 0 Å². The van der Waals surface area contributed by atoms with E-state index in [4.69, 9.17) is 5.73 Å². The third kappa shape index (κ3) is 1.78. The molecular weight excluding hydrogens is 180 g/mol. The number of hydrogen-bond acceptors (Lipinski definition) is 4. The largest absolute Gasteiger partial charge is 0.394 e. The second kappa shape index (κ2) is 4.26. The molecule has 2 N–H and O–H groups in total. The van der Waals surface area contributed by atoms with E-state index in [9.17, 15) is 9.59 Å². The summed E-state index contributed by atoms with van der Waals surface area (Å²) in [5.74, 6) is 0. The molecule has 4 heteroatoms. The molecule has 1 aromatic carbocycles. The van der Waals surface area contributed by atoms with Gasteiger partial charge in [0.25, 0.3) is 10.9 Å². The molecule has 1 rings (SSSR count). The first-order valence-electron chi connectivity index (χ1n) is 4.89. The smallest absolute Gasteiger partial charge is 0.253 e. The van der Waals surface area contributed by atoms with E-state index < -0.39 is 10.9 Å². The van der Waals surface area contributed by atoms with Crippen molar-refractivity contribution in [1.29, 1.82) is 0 Å². The van der Waals surface area contributed by atoms with Crippen molar-refractivity contribution in [2.45, 2.75) is 26.2 Å². The summed E-state index contributed by atoms with van der Waals surface area (Å²) in [6.45, 7) is 2.90. The minimum atomic E-state index is -0.539. The molecule has 0 aromatic heterocycles. The van der Waals surface area contributed by atoms with E-state index in [0.717, 1.165) is 25.8 Å². The predicted octanol–water partition coefficient (Wildman–Crippen LogP) is 0.491. The Kier molecular flexibility index (Phi) is 3.28. The van der Waals surface area contributed by atoms with E-state index in [-0.39, 0.29) is 5.69 Å². The summed E-state index contributed by atoms with van der Waals surface area (Å²) in [4.78, 5) is 23.7. The molecule has 0 amide bonds. The maximum atomic E-state index is 11.1. The van der Waals surface area contributed by atoms with Gasteiger partial charge in [0.05, 0.1) is 0 Å². The Balaban J connectivity index is 2.58. The Hall–Kier alpha value is -1.32. The van der Waals surface area contributed by atoms with Crippen molar-refractivity contribution in [2.24, 2.45) is 0 Å². The fourth-order valence-electron chi connectivity index (χ4n) is 1.49. The van der Waals surface area contributed by atoms with Gasteiger partial charge in [0.2, 0.25) is 0 Å². The van der Waals surface area contributed by atoms with Crippen molar-refractivity contribution in [3.63, 3.8) is 0 Å². The van der Waals surface area contributed by atoms with Crippen molar-refractivity contribution in [3.8, 4) is 0 Å². The van der Waals surface area contributed by atoms with Gasteiger partial charge in [-0.15, -0.1) is 0 Å². The lowest BCUT2D eigenvalue weighted by molar-refractivity contribution is 0.703. The minimum absolute atomic E-state index is 0.119. The molecule has 1 aromatic rings. The topological polar surface area (TPSA) is 63.4 Å². The first-order chi connectivity index (χ1) is 6.59. The van der Waals surface area contributed by atoms with E-state index in [1.165, 1.54) is 0 Å². The van der Waals surface area contributed by atoms with E-state index in [1.54, 1.807) is 11.9 Å². The van der Waals surface area contributed by atoms with Gasteiger partial charge >= 0.3 is 0 Å². The van der Waals surface area contributed by atoms with Gasteiger partial charge in [0.1, 0.15) is 11.4 Å². The monoisotopic (exact) mass is 196 g/mol.